The van der Waals surface area contributed by atoms with Crippen LogP contribution in [-0.2, 0) is 6.54 Å². The number of benzene rings is 1. The Morgan fingerprint density at radius 3 is 3.06 bits per heavy atom. The third-order valence-electron chi connectivity index (χ3n) is 2.87. The SMILES string of the molecule is Fc1ccc(Br)cc1-c1cnc(CNC2CC2)o1. The van der Waals surface area contributed by atoms with E-state index in [-0.39, 0.29) is 5.82 Å². The topological polar surface area (TPSA) is 38.1 Å². The maximum Gasteiger partial charge on any atom is 0.208 e. The van der Waals surface area contributed by atoms with Crippen LogP contribution in [0.25, 0.3) is 11.3 Å². The Morgan fingerprint density at radius 1 is 1.44 bits per heavy atom. The fourth-order valence-electron chi connectivity index (χ4n) is 1.72. The van der Waals surface area contributed by atoms with Gasteiger partial charge in [-0.05, 0) is 31.0 Å². The lowest BCUT2D eigenvalue weighted by atomic mass is 10.2. The summed E-state index contributed by atoms with van der Waals surface area (Å²) in [6.45, 7) is 0.598. The number of halogens is 2. The first-order valence-corrected chi connectivity index (χ1v) is 6.65. The van der Waals surface area contributed by atoms with E-state index in [0.29, 0.717) is 29.8 Å². The summed E-state index contributed by atoms with van der Waals surface area (Å²) in [6.07, 6.45) is 4.00. The van der Waals surface area contributed by atoms with Crippen molar-refractivity contribution in [2.24, 2.45) is 0 Å². The van der Waals surface area contributed by atoms with Gasteiger partial charge in [-0.25, -0.2) is 9.37 Å². The average Bonchev–Trinajstić information content (AvgIpc) is 3.08. The molecule has 1 aliphatic rings. The fraction of sp³-hybridized carbons (Fsp3) is 0.308. The minimum Gasteiger partial charge on any atom is -0.439 e. The van der Waals surface area contributed by atoms with E-state index in [1.54, 1.807) is 18.3 Å². The maximum absolute atomic E-state index is 13.7. The van der Waals surface area contributed by atoms with E-state index in [2.05, 4.69) is 26.2 Å². The van der Waals surface area contributed by atoms with E-state index in [4.69, 9.17) is 4.42 Å². The van der Waals surface area contributed by atoms with Crippen LogP contribution in [0.2, 0.25) is 0 Å². The normalized spacial score (nSPS) is 15.0. The Kier molecular flexibility index (Phi) is 3.18. The summed E-state index contributed by atoms with van der Waals surface area (Å²) in [5.74, 6) is 0.744. The fourth-order valence-corrected chi connectivity index (χ4v) is 2.08. The van der Waals surface area contributed by atoms with Gasteiger partial charge in [0.15, 0.2) is 5.76 Å². The molecule has 0 unspecified atom stereocenters. The molecule has 94 valence electrons. The van der Waals surface area contributed by atoms with Gasteiger partial charge in [0.05, 0.1) is 18.3 Å². The highest BCUT2D eigenvalue weighted by atomic mass is 79.9. The monoisotopic (exact) mass is 310 g/mol. The number of aromatic nitrogens is 1. The van der Waals surface area contributed by atoms with Gasteiger partial charge in [-0.15, -0.1) is 0 Å². The Bertz CT molecular complexity index is 566. The number of oxazole rings is 1. The summed E-state index contributed by atoms with van der Waals surface area (Å²) >= 11 is 3.32. The summed E-state index contributed by atoms with van der Waals surface area (Å²) in [4.78, 5) is 4.15. The highest BCUT2D eigenvalue weighted by Crippen LogP contribution is 2.27. The van der Waals surface area contributed by atoms with Crippen LogP contribution >= 0.6 is 15.9 Å². The summed E-state index contributed by atoms with van der Waals surface area (Å²) in [7, 11) is 0. The lowest BCUT2D eigenvalue weighted by Crippen LogP contribution is -2.15. The molecule has 0 radical (unpaired) electrons. The second-order valence-electron chi connectivity index (χ2n) is 4.40. The van der Waals surface area contributed by atoms with Crippen LogP contribution in [0, 0.1) is 5.82 Å². The van der Waals surface area contributed by atoms with E-state index in [1.165, 1.54) is 18.9 Å². The Balaban J connectivity index is 1.80. The van der Waals surface area contributed by atoms with Crippen molar-refractivity contribution in [2.75, 3.05) is 0 Å². The van der Waals surface area contributed by atoms with Gasteiger partial charge < -0.3 is 9.73 Å². The van der Waals surface area contributed by atoms with Crippen LogP contribution in [0.15, 0.2) is 33.3 Å². The largest absolute Gasteiger partial charge is 0.439 e. The molecule has 0 atom stereocenters. The second-order valence-corrected chi connectivity index (χ2v) is 5.31. The van der Waals surface area contributed by atoms with Crippen molar-refractivity contribution in [1.82, 2.24) is 10.3 Å². The van der Waals surface area contributed by atoms with Crippen molar-refractivity contribution in [2.45, 2.75) is 25.4 Å². The molecule has 1 saturated carbocycles. The zero-order valence-corrected chi connectivity index (χ0v) is 11.2. The minimum atomic E-state index is -0.309. The van der Waals surface area contributed by atoms with Gasteiger partial charge in [0.25, 0.3) is 0 Å². The summed E-state index contributed by atoms with van der Waals surface area (Å²) in [6, 6.07) is 5.35. The van der Waals surface area contributed by atoms with E-state index >= 15 is 0 Å². The highest BCUT2D eigenvalue weighted by molar-refractivity contribution is 9.10. The molecule has 5 heteroatoms. The first-order valence-electron chi connectivity index (χ1n) is 5.86. The standard InChI is InChI=1S/C13H12BrFN2O/c14-8-1-4-11(15)10(5-8)12-6-17-13(18-12)7-16-9-2-3-9/h1,4-6,9,16H,2-3,7H2. The van der Waals surface area contributed by atoms with Crippen molar-refractivity contribution >= 4 is 15.9 Å². The smallest absolute Gasteiger partial charge is 0.208 e. The van der Waals surface area contributed by atoms with Crippen LogP contribution in [0.1, 0.15) is 18.7 Å². The van der Waals surface area contributed by atoms with Gasteiger partial charge in [0, 0.05) is 10.5 Å². The van der Waals surface area contributed by atoms with Crippen LogP contribution in [0.5, 0.6) is 0 Å². The molecule has 1 fully saturated rings. The lowest BCUT2D eigenvalue weighted by molar-refractivity contribution is 0.474. The summed E-state index contributed by atoms with van der Waals surface area (Å²) < 4.78 is 20.0. The number of rotatable bonds is 4. The van der Waals surface area contributed by atoms with Crippen molar-refractivity contribution in [3.8, 4) is 11.3 Å². The van der Waals surface area contributed by atoms with Crippen LogP contribution in [0.3, 0.4) is 0 Å². The Hall–Kier alpha value is -1.20. The van der Waals surface area contributed by atoms with E-state index in [0.717, 1.165) is 4.47 Å². The zero-order chi connectivity index (χ0) is 12.5. The van der Waals surface area contributed by atoms with E-state index < -0.39 is 0 Å². The first-order chi connectivity index (χ1) is 8.72. The molecule has 1 heterocycles. The molecule has 2 aromatic rings. The zero-order valence-electron chi connectivity index (χ0n) is 9.62. The third-order valence-corrected chi connectivity index (χ3v) is 3.36. The molecule has 3 rings (SSSR count). The summed E-state index contributed by atoms with van der Waals surface area (Å²) in [5.41, 5.74) is 0.426. The van der Waals surface area contributed by atoms with E-state index in [1.807, 2.05) is 0 Å². The molecule has 0 aliphatic heterocycles. The van der Waals surface area contributed by atoms with Crippen LogP contribution in [0.4, 0.5) is 4.39 Å². The molecule has 1 aromatic heterocycles. The quantitative estimate of drug-likeness (QED) is 0.939. The van der Waals surface area contributed by atoms with Crippen molar-refractivity contribution in [3.63, 3.8) is 0 Å². The van der Waals surface area contributed by atoms with Gasteiger partial charge in [-0.3, -0.25) is 0 Å². The molecule has 0 saturated heterocycles. The van der Waals surface area contributed by atoms with Gasteiger partial charge in [-0.2, -0.15) is 0 Å². The van der Waals surface area contributed by atoms with Gasteiger partial charge in [0.2, 0.25) is 5.89 Å². The Morgan fingerprint density at radius 2 is 2.28 bits per heavy atom. The lowest BCUT2D eigenvalue weighted by Gasteiger charge is -2.00. The minimum absolute atomic E-state index is 0.309. The van der Waals surface area contributed by atoms with Crippen LogP contribution < -0.4 is 5.32 Å². The molecule has 3 nitrogen and oxygen atoms in total. The third kappa shape index (κ3) is 2.62. The molecule has 0 amide bonds. The summed E-state index contributed by atoms with van der Waals surface area (Å²) in [5, 5.41) is 3.30. The molecule has 1 aliphatic carbocycles. The highest BCUT2D eigenvalue weighted by Gasteiger charge is 2.21. The molecule has 0 bridgehead atoms. The second kappa shape index (κ2) is 4.82. The molecule has 0 spiro atoms. The van der Waals surface area contributed by atoms with Gasteiger partial charge in [0.1, 0.15) is 5.82 Å². The molecule has 1 N–H and O–H groups in total. The first kappa shape index (κ1) is 11.9. The van der Waals surface area contributed by atoms with Gasteiger partial charge in [-0.1, -0.05) is 15.9 Å². The predicted octanol–water partition coefficient (Wildman–Crippen LogP) is 3.50. The molecule has 18 heavy (non-hydrogen) atoms. The molecular formula is C13H12BrFN2O. The van der Waals surface area contributed by atoms with Crippen molar-refractivity contribution in [3.05, 3.63) is 40.6 Å². The number of nitrogens with one attached hydrogen (secondary N) is 1. The van der Waals surface area contributed by atoms with Crippen molar-refractivity contribution < 1.29 is 8.81 Å². The van der Waals surface area contributed by atoms with Crippen LogP contribution in [-0.4, -0.2) is 11.0 Å². The number of hydrogen-bond donors (Lipinski definition) is 1. The maximum atomic E-state index is 13.7. The Labute approximate surface area is 113 Å². The van der Waals surface area contributed by atoms with Gasteiger partial charge >= 0.3 is 0 Å². The van der Waals surface area contributed by atoms with Crippen molar-refractivity contribution in [1.29, 1.82) is 0 Å². The number of nitrogens with zero attached hydrogens (tertiary/aromatic N) is 1. The molecule has 1 aromatic carbocycles. The molecular weight excluding hydrogens is 299 g/mol. The number of hydrogen-bond acceptors (Lipinski definition) is 3. The average molecular weight is 311 g/mol. The van der Waals surface area contributed by atoms with E-state index in [9.17, 15) is 4.39 Å². The predicted molar refractivity (Wildman–Crippen MR) is 69.5 cm³/mol.